The van der Waals surface area contributed by atoms with E-state index < -0.39 is 22.6 Å². The Hall–Kier alpha value is -4.16. The lowest BCUT2D eigenvalue weighted by Gasteiger charge is -2.11. The number of carbonyl (C=O) groups is 1. The molecule has 33 heavy (non-hydrogen) atoms. The molecule has 0 N–H and O–H groups in total. The molecule has 3 aromatic carbocycles. The Morgan fingerprint density at radius 1 is 0.788 bits per heavy atom. The summed E-state index contributed by atoms with van der Waals surface area (Å²) in [4.78, 5) is 37.4. The van der Waals surface area contributed by atoms with Crippen LogP contribution in [0.2, 0.25) is 0 Å². The predicted octanol–water partition coefficient (Wildman–Crippen LogP) is 5.45. The molecule has 0 aliphatic carbocycles. The third-order valence-corrected chi connectivity index (χ3v) is 5.60. The molecule has 0 spiro atoms. The number of rotatable bonds is 4. The molecule has 6 nitrogen and oxygen atoms in total. The van der Waals surface area contributed by atoms with Gasteiger partial charge in [-0.3, -0.25) is 0 Å². The highest BCUT2D eigenvalue weighted by atomic mass is 35.5. The van der Waals surface area contributed by atoms with Gasteiger partial charge >= 0.3 is 17.2 Å². The lowest BCUT2D eigenvalue weighted by atomic mass is 10.0. The molecule has 7 heteroatoms. The molecule has 0 amide bonds. The van der Waals surface area contributed by atoms with E-state index in [0.29, 0.717) is 27.5 Å². The Balaban J connectivity index is 1.55. The highest BCUT2D eigenvalue weighted by Gasteiger charge is 2.21. The van der Waals surface area contributed by atoms with E-state index in [0.717, 1.165) is 0 Å². The van der Waals surface area contributed by atoms with Crippen LogP contribution in [0, 0.1) is 0 Å². The van der Waals surface area contributed by atoms with Crippen LogP contribution in [-0.4, -0.2) is 5.97 Å². The number of benzene rings is 3. The van der Waals surface area contributed by atoms with Gasteiger partial charge in [0.05, 0.1) is 5.56 Å². The zero-order valence-corrected chi connectivity index (χ0v) is 17.7. The Morgan fingerprint density at radius 3 is 2.36 bits per heavy atom. The maximum atomic E-state index is 12.6. The molecule has 5 aromatic rings. The van der Waals surface area contributed by atoms with Crippen LogP contribution in [0.4, 0.5) is 0 Å². The SMILES string of the molecule is O=C(Oc1ccc2c(-c3cc4ccccc4oc3=O)cc(=O)oc2c1)C(Cl)c1ccccc1. The Morgan fingerprint density at radius 2 is 1.55 bits per heavy atom. The van der Waals surface area contributed by atoms with Crippen LogP contribution in [0.15, 0.2) is 103 Å². The molecule has 0 saturated carbocycles. The van der Waals surface area contributed by atoms with E-state index >= 15 is 0 Å². The van der Waals surface area contributed by atoms with Crippen molar-refractivity contribution < 1.29 is 18.4 Å². The van der Waals surface area contributed by atoms with Crippen molar-refractivity contribution in [3.8, 4) is 16.9 Å². The van der Waals surface area contributed by atoms with Gasteiger partial charge < -0.3 is 13.6 Å². The van der Waals surface area contributed by atoms with Gasteiger partial charge in [0.1, 0.15) is 16.9 Å². The smallest absolute Gasteiger partial charge is 0.344 e. The highest BCUT2D eigenvalue weighted by molar-refractivity contribution is 6.30. The normalized spacial score (nSPS) is 12.0. The van der Waals surface area contributed by atoms with Gasteiger partial charge in [-0.15, -0.1) is 11.6 Å². The standard InChI is InChI=1S/C26H15ClO6/c27-24(15-6-2-1-3-7-15)26(30)31-17-10-11-18-19(14-23(28)32-22(18)13-17)20-12-16-8-4-5-9-21(16)33-25(20)29/h1-14,24H. The minimum atomic E-state index is -0.998. The number of hydrogen-bond donors (Lipinski definition) is 0. The zero-order valence-electron chi connectivity index (χ0n) is 17.0. The molecule has 2 heterocycles. The van der Waals surface area contributed by atoms with Crippen molar-refractivity contribution >= 4 is 39.5 Å². The Labute approximate surface area is 191 Å². The van der Waals surface area contributed by atoms with Crippen molar-refractivity contribution in [2.45, 2.75) is 5.38 Å². The van der Waals surface area contributed by atoms with Gasteiger partial charge in [-0.1, -0.05) is 48.5 Å². The molecule has 0 bridgehead atoms. The summed E-state index contributed by atoms with van der Waals surface area (Å²) in [6.45, 7) is 0. The fraction of sp³-hybridized carbons (Fsp3) is 0.0385. The number of esters is 1. The number of hydrogen-bond acceptors (Lipinski definition) is 6. The molecule has 2 aromatic heterocycles. The molecule has 1 atom stereocenters. The minimum Gasteiger partial charge on any atom is -0.425 e. The van der Waals surface area contributed by atoms with E-state index in [1.807, 2.05) is 18.2 Å². The molecule has 0 saturated heterocycles. The van der Waals surface area contributed by atoms with Gasteiger partial charge in [0.15, 0.2) is 5.38 Å². The van der Waals surface area contributed by atoms with Crippen LogP contribution in [0.25, 0.3) is 33.1 Å². The van der Waals surface area contributed by atoms with E-state index in [2.05, 4.69) is 0 Å². The van der Waals surface area contributed by atoms with Crippen molar-refractivity contribution in [2.75, 3.05) is 0 Å². The summed E-state index contributed by atoms with van der Waals surface area (Å²) < 4.78 is 16.1. The van der Waals surface area contributed by atoms with Crippen LogP contribution >= 0.6 is 11.6 Å². The van der Waals surface area contributed by atoms with Crippen LogP contribution in [-0.2, 0) is 4.79 Å². The summed E-state index contributed by atoms with van der Waals surface area (Å²) in [6.07, 6.45) is 0. The maximum Gasteiger partial charge on any atom is 0.344 e. The maximum absolute atomic E-state index is 12.6. The largest absolute Gasteiger partial charge is 0.425 e. The second kappa shape index (κ2) is 8.41. The number of ether oxygens (including phenoxy) is 1. The quantitative estimate of drug-likeness (QED) is 0.154. The molecular formula is C26H15ClO6. The van der Waals surface area contributed by atoms with Gasteiger partial charge in [0, 0.05) is 28.5 Å². The van der Waals surface area contributed by atoms with Gasteiger partial charge in [-0.2, -0.15) is 0 Å². The summed E-state index contributed by atoms with van der Waals surface area (Å²) in [6, 6.07) is 23.4. The molecule has 1 unspecified atom stereocenters. The Kier molecular flexibility index (Phi) is 5.28. The molecule has 5 rings (SSSR count). The number of carbonyl (C=O) groups excluding carboxylic acids is 1. The monoisotopic (exact) mass is 458 g/mol. The third kappa shape index (κ3) is 4.04. The number of fused-ring (bicyclic) bond motifs is 2. The predicted molar refractivity (Wildman–Crippen MR) is 125 cm³/mol. The minimum absolute atomic E-state index is 0.153. The molecule has 0 fully saturated rings. The summed E-state index contributed by atoms with van der Waals surface area (Å²) in [7, 11) is 0. The van der Waals surface area contributed by atoms with E-state index in [1.165, 1.54) is 12.1 Å². The molecule has 0 radical (unpaired) electrons. The van der Waals surface area contributed by atoms with Crippen LogP contribution in [0.1, 0.15) is 10.9 Å². The lowest BCUT2D eigenvalue weighted by Crippen LogP contribution is -2.14. The van der Waals surface area contributed by atoms with E-state index in [4.69, 9.17) is 25.2 Å². The van der Waals surface area contributed by atoms with Gasteiger partial charge in [-0.25, -0.2) is 14.4 Å². The second-order valence-electron chi connectivity index (χ2n) is 7.32. The van der Waals surface area contributed by atoms with Crippen LogP contribution in [0.5, 0.6) is 5.75 Å². The summed E-state index contributed by atoms with van der Waals surface area (Å²) >= 11 is 6.23. The topological polar surface area (TPSA) is 86.7 Å². The average Bonchev–Trinajstić information content (AvgIpc) is 2.83. The van der Waals surface area contributed by atoms with E-state index in [9.17, 15) is 14.4 Å². The molecular weight excluding hydrogens is 444 g/mol. The third-order valence-electron chi connectivity index (χ3n) is 5.17. The van der Waals surface area contributed by atoms with Gasteiger partial charge in [0.25, 0.3) is 0 Å². The first kappa shape index (κ1) is 20.7. The summed E-state index contributed by atoms with van der Waals surface area (Å²) in [5, 5.41) is 0.207. The van der Waals surface area contributed by atoms with Crippen molar-refractivity contribution in [1.29, 1.82) is 0 Å². The molecule has 162 valence electrons. The first-order valence-corrected chi connectivity index (χ1v) is 10.4. The highest BCUT2D eigenvalue weighted by Crippen LogP contribution is 2.31. The van der Waals surface area contributed by atoms with Crippen LogP contribution in [0.3, 0.4) is 0 Å². The van der Waals surface area contributed by atoms with Crippen molar-refractivity contribution in [2.24, 2.45) is 0 Å². The van der Waals surface area contributed by atoms with E-state index in [1.54, 1.807) is 54.6 Å². The van der Waals surface area contributed by atoms with Crippen molar-refractivity contribution in [1.82, 2.24) is 0 Å². The van der Waals surface area contributed by atoms with Crippen molar-refractivity contribution in [3.05, 3.63) is 111 Å². The number of halogens is 1. The first-order chi connectivity index (χ1) is 16.0. The second-order valence-corrected chi connectivity index (χ2v) is 7.75. The van der Waals surface area contributed by atoms with Gasteiger partial charge in [-0.05, 0) is 29.8 Å². The fourth-order valence-electron chi connectivity index (χ4n) is 3.61. The van der Waals surface area contributed by atoms with Crippen LogP contribution < -0.4 is 16.0 Å². The van der Waals surface area contributed by atoms with Gasteiger partial charge in [0.2, 0.25) is 0 Å². The van der Waals surface area contributed by atoms with Crippen molar-refractivity contribution in [3.63, 3.8) is 0 Å². The number of para-hydroxylation sites is 1. The summed E-state index contributed by atoms with van der Waals surface area (Å²) in [5.41, 5.74) is 0.543. The zero-order chi connectivity index (χ0) is 22.9. The Bertz CT molecular complexity index is 1620. The molecule has 0 aliphatic heterocycles. The lowest BCUT2D eigenvalue weighted by molar-refractivity contribution is -0.134. The fourth-order valence-corrected chi connectivity index (χ4v) is 3.80. The first-order valence-electron chi connectivity index (χ1n) is 10.0. The average molecular weight is 459 g/mol. The van der Waals surface area contributed by atoms with E-state index in [-0.39, 0.29) is 16.9 Å². The number of alkyl halides is 1. The summed E-state index contributed by atoms with van der Waals surface area (Å²) in [5.74, 6) is -0.518. The molecule has 0 aliphatic rings.